The number of nitrogens with zero attached hydrogens (tertiary/aromatic N) is 2. The van der Waals surface area contributed by atoms with E-state index in [-0.39, 0.29) is 6.04 Å². The quantitative estimate of drug-likeness (QED) is 0.274. The van der Waals surface area contributed by atoms with E-state index in [2.05, 4.69) is 134 Å². The van der Waals surface area contributed by atoms with E-state index in [1.165, 1.54) is 39.1 Å². The molecule has 0 unspecified atom stereocenters. The average molecular weight is 420 g/mol. The highest BCUT2D eigenvalue weighted by Crippen LogP contribution is 2.34. The van der Waals surface area contributed by atoms with Crippen LogP contribution < -0.4 is 4.57 Å². The smallest absolute Gasteiger partial charge is 0.225 e. The summed E-state index contributed by atoms with van der Waals surface area (Å²) in [5.41, 5.74) is 9.32. The summed E-state index contributed by atoms with van der Waals surface area (Å²) >= 11 is 0. The molecule has 2 heteroatoms. The number of para-hydroxylation sites is 1. The predicted octanol–water partition coefficient (Wildman–Crippen LogP) is 7.13. The lowest BCUT2D eigenvalue weighted by Gasteiger charge is -2.18. The van der Waals surface area contributed by atoms with Crippen molar-refractivity contribution in [2.24, 2.45) is 0 Å². The third kappa shape index (κ3) is 3.50. The van der Waals surface area contributed by atoms with Crippen LogP contribution >= 0.6 is 0 Å². The molecule has 160 valence electrons. The van der Waals surface area contributed by atoms with Crippen LogP contribution in [0.25, 0.3) is 17.8 Å². The minimum atomic E-state index is 0.132. The largest absolute Gasteiger partial charge is 0.249 e. The first-order chi connectivity index (χ1) is 15.5. The molecule has 0 bridgehead atoms. The molecule has 32 heavy (non-hydrogen) atoms. The second-order valence-corrected chi connectivity index (χ2v) is 9.36. The van der Waals surface area contributed by atoms with E-state index in [0.29, 0.717) is 11.8 Å². The Morgan fingerprint density at radius 3 is 1.75 bits per heavy atom. The minimum Gasteiger partial charge on any atom is -0.225 e. The van der Waals surface area contributed by atoms with Gasteiger partial charge >= 0.3 is 0 Å². The third-order valence-electron chi connectivity index (χ3n) is 6.58. The molecule has 5 rings (SSSR count). The van der Waals surface area contributed by atoms with Gasteiger partial charge in [-0.25, -0.2) is 9.13 Å². The van der Waals surface area contributed by atoms with Gasteiger partial charge in [0, 0.05) is 22.3 Å². The molecule has 0 spiro atoms. The minimum absolute atomic E-state index is 0.132. The van der Waals surface area contributed by atoms with Gasteiger partial charge in [0.25, 0.3) is 0 Å². The van der Waals surface area contributed by atoms with Gasteiger partial charge in [0.1, 0.15) is 18.1 Å². The second kappa shape index (κ2) is 8.27. The molecule has 0 aliphatic heterocycles. The lowest BCUT2D eigenvalue weighted by atomic mass is 9.92. The Balaban J connectivity index is 1.70. The molecule has 1 aliphatic rings. The highest BCUT2D eigenvalue weighted by Gasteiger charge is 2.28. The van der Waals surface area contributed by atoms with Crippen LogP contribution in [0.1, 0.15) is 79.0 Å². The lowest BCUT2D eigenvalue weighted by Crippen LogP contribution is -2.39. The Morgan fingerprint density at radius 1 is 0.688 bits per heavy atom. The van der Waals surface area contributed by atoms with Crippen LogP contribution in [0, 0.1) is 0 Å². The second-order valence-electron chi connectivity index (χ2n) is 9.36. The van der Waals surface area contributed by atoms with Gasteiger partial charge in [-0.15, -0.1) is 0 Å². The zero-order valence-corrected chi connectivity index (χ0v) is 19.4. The van der Waals surface area contributed by atoms with Gasteiger partial charge in [0.15, 0.2) is 6.04 Å². The number of hydrogen-bond donors (Lipinski definition) is 0. The summed E-state index contributed by atoms with van der Waals surface area (Å²) in [6.45, 7) is 9.13. The molecule has 3 aromatic carbocycles. The first-order valence-corrected chi connectivity index (χ1v) is 11.6. The van der Waals surface area contributed by atoms with Crippen LogP contribution in [-0.4, -0.2) is 4.57 Å². The Labute approximate surface area is 191 Å². The fraction of sp³-hybridized carbons (Fsp3) is 0.233. The van der Waals surface area contributed by atoms with Crippen LogP contribution in [0.2, 0.25) is 0 Å². The molecule has 0 radical (unpaired) electrons. The van der Waals surface area contributed by atoms with Crippen LogP contribution in [0.3, 0.4) is 0 Å². The van der Waals surface area contributed by atoms with Crippen molar-refractivity contribution in [2.45, 2.75) is 45.6 Å². The van der Waals surface area contributed by atoms with Gasteiger partial charge < -0.3 is 0 Å². The Hall–Kier alpha value is -3.39. The molecule has 0 amide bonds. The van der Waals surface area contributed by atoms with Gasteiger partial charge in [-0.3, -0.25) is 0 Å². The van der Waals surface area contributed by atoms with E-state index < -0.39 is 0 Å². The van der Waals surface area contributed by atoms with Crippen molar-refractivity contribution in [3.05, 3.63) is 119 Å². The monoisotopic (exact) mass is 419 g/mol. The summed E-state index contributed by atoms with van der Waals surface area (Å²) < 4.78 is 4.69. The fourth-order valence-electron chi connectivity index (χ4n) is 4.96. The molecule has 0 fully saturated rings. The number of rotatable bonds is 4. The van der Waals surface area contributed by atoms with Crippen molar-refractivity contribution in [3.63, 3.8) is 0 Å². The summed E-state index contributed by atoms with van der Waals surface area (Å²) in [6, 6.07) is 24.4. The third-order valence-corrected chi connectivity index (χ3v) is 6.58. The molecular formula is C30H31N2+. The summed E-state index contributed by atoms with van der Waals surface area (Å²) in [5, 5.41) is 0. The van der Waals surface area contributed by atoms with Crippen molar-refractivity contribution in [2.75, 3.05) is 0 Å². The topological polar surface area (TPSA) is 8.81 Å². The fourth-order valence-corrected chi connectivity index (χ4v) is 4.96. The van der Waals surface area contributed by atoms with Crippen LogP contribution in [0.15, 0.2) is 85.5 Å². The zero-order chi connectivity index (χ0) is 22.2. The first-order valence-electron chi connectivity index (χ1n) is 11.6. The maximum Gasteiger partial charge on any atom is 0.249 e. The predicted molar refractivity (Wildman–Crippen MR) is 133 cm³/mol. The number of hydrogen-bond acceptors (Lipinski definition) is 0. The van der Waals surface area contributed by atoms with Crippen molar-refractivity contribution in [1.82, 2.24) is 4.57 Å². The van der Waals surface area contributed by atoms with E-state index in [1.54, 1.807) is 0 Å². The summed E-state index contributed by atoms with van der Waals surface area (Å²) in [4.78, 5) is 0. The SMILES string of the molecule is CC(C)c1cccc(C(C)C)c1-n1cc[n+](C2c3ccccc3C=Cc3ccccc32)c1. The molecule has 0 saturated heterocycles. The Kier molecular flexibility index (Phi) is 5.30. The van der Waals surface area contributed by atoms with Gasteiger partial charge in [0.2, 0.25) is 6.33 Å². The molecule has 1 aliphatic carbocycles. The number of fused-ring (bicyclic) bond motifs is 2. The van der Waals surface area contributed by atoms with Gasteiger partial charge in [-0.2, -0.15) is 0 Å². The normalized spacial score (nSPS) is 13.3. The first kappa shape index (κ1) is 20.5. The molecule has 0 atom stereocenters. The van der Waals surface area contributed by atoms with Crippen LogP contribution in [-0.2, 0) is 0 Å². The molecule has 4 aromatic rings. The van der Waals surface area contributed by atoms with Crippen molar-refractivity contribution in [1.29, 1.82) is 0 Å². The molecule has 2 nitrogen and oxygen atoms in total. The number of benzene rings is 3. The van der Waals surface area contributed by atoms with Gasteiger partial charge in [-0.05, 0) is 23.0 Å². The maximum absolute atomic E-state index is 2.37. The van der Waals surface area contributed by atoms with Crippen molar-refractivity contribution in [3.8, 4) is 5.69 Å². The molecule has 0 N–H and O–H groups in total. The lowest BCUT2D eigenvalue weighted by molar-refractivity contribution is -0.704. The summed E-state index contributed by atoms with van der Waals surface area (Å²) in [7, 11) is 0. The molecule has 1 aromatic heterocycles. The van der Waals surface area contributed by atoms with Gasteiger partial charge in [0.05, 0.1) is 0 Å². The van der Waals surface area contributed by atoms with E-state index in [0.717, 1.165) is 0 Å². The van der Waals surface area contributed by atoms with E-state index in [4.69, 9.17) is 0 Å². The number of aromatic nitrogens is 2. The van der Waals surface area contributed by atoms with E-state index in [9.17, 15) is 0 Å². The van der Waals surface area contributed by atoms with Gasteiger partial charge in [-0.1, -0.05) is 107 Å². The number of imidazole rings is 1. The molecule has 0 saturated carbocycles. The standard InChI is InChI=1S/C30H31N2/c1-21(2)25-14-9-15-26(22(3)4)29(25)31-18-19-32(20-31)30-27-12-7-5-10-23(27)16-17-24-11-6-8-13-28(24)30/h5-22,30H,1-4H3/q+1. The highest BCUT2D eigenvalue weighted by atomic mass is 15.1. The van der Waals surface area contributed by atoms with E-state index in [1.807, 2.05) is 0 Å². The Morgan fingerprint density at radius 2 is 1.22 bits per heavy atom. The average Bonchev–Trinajstić information content (AvgIpc) is 3.21. The van der Waals surface area contributed by atoms with Crippen molar-refractivity contribution >= 4 is 12.2 Å². The van der Waals surface area contributed by atoms with Crippen LogP contribution in [0.5, 0.6) is 0 Å². The highest BCUT2D eigenvalue weighted by molar-refractivity contribution is 5.76. The summed E-state index contributed by atoms with van der Waals surface area (Å²) in [5.74, 6) is 0.922. The zero-order valence-electron chi connectivity index (χ0n) is 19.4. The maximum atomic E-state index is 2.37. The summed E-state index contributed by atoms with van der Waals surface area (Å²) in [6.07, 6.45) is 11.2. The van der Waals surface area contributed by atoms with E-state index >= 15 is 0 Å². The van der Waals surface area contributed by atoms with Crippen LogP contribution in [0.4, 0.5) is 0 Å². The molecule has 1 heterocycles. The molecular weight excluding hydrogens is 388 g/mol. The van der Waals surface area contributed by atoms with Crippen molar-refractivity contribution < 1.29 is 4.57 Å². The Bertz CT molecular complexity index is 1210.